The van der Waals surface area contributed by atoms with E-state index < -0.39 is 0 Å². The van der Waals surface area contributed by atoms with E-state index in [4.69, 9.17) is 5.73 Å². The Bertz CT molecular complexity index is 140. The van der Waals surface area contributed by atoms with Crippen molar-refractivity contribution >= 4 is 0 Å². The zero-order valence-electron chi connectivity index (χ0n) is 7.38. The summed E-state index contributed by atoms with van der Waals surface area (Å²) in [6.45, 7) is 4.51. The molecule has 3 nitrogen and oxygen atoms in total. The maximum Gasteiger partial charge on any atom is 0.0630 e. The molecule has 2 atom stereocenters. The third kappa shape index (κ3) is 1.72. The van der Waals surface area contributed by atoms with Crippen molar-refractivity contribution in [3.8, 4) is 0 Å². The van der Waals surface area contributed by atoms with Crippen molar-refractivity contribution in [3.05, 3.63) is 0 Å². The van der Waals surface area contributed by atoms with Crippen molar-refractivity contribution in [2.75, 3.05) is 26.7 Å². The highest BCUT2D eigenvalue weighted by atomic mass is 16.3. The number of nitrogens with zero attached hydrogens (tertiary/aromatic N) is 1. The first kappa shape index (κ1) is 8.97. The summed E-state index contributed by atoms with van der Waals surface area (Å²) < 4.78 is 0. The lowest BCUT2D eigenvalue weighted by Crippen LogP contribution is -2.52. The van der Waals surface area contributed by atoms with Gasteiger partial charge in [-0.2, -0.15) is 0 Å². The monoisotopic (exact) mass is 158 g/mol. The fourth-order valence-corrected chi connectivity index (χ4v) is 1.69. The molecule has 3 N–H and O–H groups in total. The van der Waals surface area contributed by atoms with Gasteiger partial charge in [-0.3, -0.25) is 0 Å². The predicted molar refractivity (Wildman–Crippen MR) is 45.3 cm³/mol. The van der Waals surface area contributed by atoms with Gasteiger partial charge in [0, 0.05) is 25.0 Å². The molecule has 0 bridgehead atoms. The standard InChI is InChI=1S/C8H18N2O/c1-8(5-9)6-10(2)4-3-7(8)11/h7,11H,3-6,9H2,1-2H3. The number of rotatable bonds is 1. The second-order valence-electron chi connectivity index (χ2n) is 3.90. The van der Waals surface area contributed by atoms with Crippen molar-refractivity contribution in [3.63, 3.8) is 0 Å². The van der Waals surface area contributed by atoms with Crippen LogP contribution in [0.1, 0.15) is 13.3 Å². The number of piperidine rings is 1. The van der Waals surface area contributed by atoms with Crippen LogP contribution in [0.25, 0.3) is 0 Å². The zero-order chi connectivity index (χ0) is 8.48. The lowest BCUT2D eigenvalue weighted by Gasteiger charge is -2.41. The maximum atomic E-state index is 9.64. The fraction of sp³-hybridized carbons (Fsp3) is 1.00. The summed E-state index contributed by atoms with van der Waals surface area (Å²) in [7, 11) is 2.07. The number of aliphatic hydroxyl groups excluding tert-OH is 1. The molecule has 0 aromatic heterocycles. The molecule has 1 saturated heterocycles. The molecule has 1 aliphatic heterocycles. The molecule has 0 radical (unpaired) electrons. The van der Waals surface area contributed by atoms with Crippen molar-refractivity contribution < 1.29 is 5.11 Å². The molecule has 2 unspecified atom stereocenters. The smallest absolute Gasteiger partial charge is 0.0630 e. The summed E-state index contributed by atoms with van der Waals surface area (Å²) >= 11 is 0. The molecule has 66 valence electrons. The van der Waals surface area contributed by atoms with Crippen LogP contribution in [0.2, 0.25) is 0 Å². The van der Waals surface area contributed by atoms with Gasteiger partial charge in [0.05, 0.1) is 6.10 Å². The summed E-state index contributed by atoms with van der Waals surface area (Å²) in [4.78, 5) is 2.22. The molecule has 3 heteroatoms. The van der Waals surface area contributed by atoms with E-state index in [1.54, 1.807) is 0 Å². The van der Waals surface area contributed by atoms with Gasteiger partial charge < -0.3 is 15.7 Å². The third-order valence-corrected chi connectivity index (χ3v) is 2.69. The Morgan fingerprint density at radius 1 is 1.73 bits per heavy atom. The van der Waals surface area contributed by atoms with Crippen LogP contribution in [0, 0.1) is 5.41 Å². The van der Waals surface area contributed by atoms with Crippen LogP contribution < -0.4 is 5.73 Å². The van der Waals surface area contributed by atoms with E-state index in [9.17, 15) is 5.11 Å². The molecule has 11 heavy (non-hydrogen) atoms. The Morgan fingerprint density at radius 3 is 2.82 bits per heavy atom. The first-order valence-corrected chi connectivity index (χ1v) is 4.15. The topological polar surface area (TPSA) is 49.5 Å². The highest BCUT2D eigenvalue weighted by molar-refractivity contribution is 4.89. The number of hydrogen-bond donors (Lipinski definition) is 2. The summed E-state index contributed by atoms with van der Waals surface area (Å²) in [5.41, 5.74) is 5.51. The van der Waals surface area contributed by atoms with Crippen LogP contribution >= 0.6 is 0 Å². The number of nitrogens with two attached hydrogens (primary N) is 1. The van der Waals surface area contributed by atoms with Gasteiger partial charge in [-0.1, -0.05) is 6.92 Å². The lowest BCUT2D eigenvalue weighted by atomic mass is 9.79. The first-order valence-electron chi connectivity index (χ1n) is 4.15. The summed E-state index contributed by atoms with van der Waals surface area (Å²) in [5.74, 6) is 0. The highest BCUT2D eigenvalue weighted by Gasteiger charge is 2.36. The van der Waals surface area contributed by atoms with E-state index in [0.29, 0.717) is 6.54 Å². The second-order valence-corrected chi connectivity index (χ2v) is 3.90. The summed E-state index contributed by atoms with van der Waals surface area (Å²) in [6, 6.07) is 0. The van der Waals surface area contributed by atoms with Crippen LogP contribution in [-0.4, -0.2) is 42.8 Å². The number of hydrogen-bond acceptors (Lipinski definition) is 3. The van der Waals surface area contributed by atoms with E-state index in [1.165, 1.54) is 0 Å². The Hall–Kier alpha value is -0.120. The molecule has 1 heterocycles. The Balaban J connectivity index is 2.60. The Kier molecular flexibility index (Phi) is 2.52. The molecule has 0 aromatic carbocycles. The molecule has 1 aliphatic rings. The zero-order valence-corrected chi connectivity index (χ0v) is 7.38. The van der Waals surface area contributed by atoms with Gasteiger partial charge in [-0.05, 0) is 13.5 Å². The van der Waals surface area contributed by atoms with Crippen LogP contribution in [0.15, 0.2) is 0 Å². The lowest BCUT2D eigenvalue weighted by molar-refractivity contribution is -0.0220. The predicted octanol–water partition coefficient (Wildman–Crippen LogP) is -0.352. The summed E-state index contributed by atoms with van der Waals surface area (Å²) in [5, 5.41) is 9.64. The van der Waals surface area contributed by atoms with Crippen LogP contribution in [-0.2, 0) is 0 Å². The molecular formula is C8H18N2O. The Labute approximate surface area is 68.2 Å². The van der Waals surface area contributed by atoms with Crippen LogP contribution in [0.5, 0.6) is 0 Å². The molecule has 0 aliphatic carbocycles. The SMILES string of the molecule is CN1CCC(O)C(C)(CN)C1. The minimum Gasteiger partial charge on any atom is -0.392 e. The number of likely N-dealkylation sites (tertiary alicyclic amines) is 1. The first-order chi connectivity index (χ1) is 5.08. The van der Waals surface area contributed by atoms with Crippen LogP contribution in [0.4, 0.5) is 0 Å². The van der Waals surface area contributed by atoms with Crippen molar-refractivity contribution in [1.29, 1.82) is 0 Å². The minimum atomic E-state index is -0.219. The molecule has 0 aromatic rings. The van der Waals surface area contributed by atoms with Gasteiger partial charge in [0.25, 0.3) is 0 Å². The molecular weight excluding hydrogens is 140 g/mol. The van der Waals surface area contributed by atoms with E-state index in [0.717, 1.165) is 19.5 Å². The van der Waals surface area contributed by atoms with E-state index in [-0.39, 0.29) is 11.5 Å². The largest absolute Gasteiger partial charge is 0.392 e. The second kappa shape index (κ2) is 3.09. The molecule has 0 amide bonds. The van der Waals surface area contributed by atoms with Gasteiger partial charge in [0.1, 0.15) is 0 Å². The van der Waals surface area contributed by atoms with Crippen molar-refractivity contribution in [2.24, 2.45) is 11.1 Å². The molecule has 0 spiro atoms. The van der Waals surface area contributed by atoms with Gasteiger partial charge in [0.2, 0.25) is 0 Å². The molecule has 1 rings (SSSR count). The normalized spacial score (nSPS) is 40.9. The van der Waals surface area contributed by atoms with Gasteiger partial charge in [0.15, 0.2) is 0 Å². The highest BCUT2D eigenvalue weighted by Crippen LogP contribution is 2.27. The van der Waals surface area contributed by atoms with Crippen molar-refractivity contribution in [2.45, 2.75) is 19.4 Å². The Morgan fingerprint density at radius 2 is 2.36 bits per heavy atom. The molecule has 1 fully saturated rings. The minimum absolute atomic E-state index is 0.0903. The van der Waals surface area contributed by atoms with E-state index in [2.05, 4.69) is 11.9 Å². The van der Waals surface area contributed by atoms with Crippen LogP contribution in [0.3, 0.4) is 0 Å². The molecule has 0 saturated carbocycles. The average molecular weight is 158 g/mol. The van der Waals surface area contributed by atoms with E-state index >= 15 is 0 Å². The third-order valence-electron chi connectivity index (χ3n) is 2.69. The van der Waals surface area contributed by atoms with Crippen molar-refractivity contribution in [1.82, 2.24) is 4.90 Å². The number of aliphatic hydroxyl groups is 1. The maximum absolute atomic E-state index is 9.64. The average Bonchev–Trinajstić information content (AvgIpc) is 1.98. The quantitative estimate of drug-likeness (QED) is 0.548. The van der Waals surface area contributed by atoms with Gasteiger partial charge in [-0.15, -0.1) is 0 Å². The van der Waals surface area contributed by atoms with Gasteiger partial charge in [-0.25, -0.2) is 0 Å². The summed E-state index contributed by atoms with van der Waals surface area (Å²) in [6.07, 6.45) is 0.633. The van der Waals surface area contributed by atoms with E-state index in [1.807, 2.05) is 6.92 Å². The fourth-order valence-electron chi connectivity index (χ4n) is 1.69. The van der Waals surface area contributed by atoms with Gasteiger partial charge >= 0.3 is 0 Å².